The average molecular weight is 778 g/mol. The number of nitrogens with two attached hydrogens (primary N) is 2. The topological polar surface area (TPSA) is 239 Å². The number of carbonyl (C=O) groups is 6. The Balaban J connectivity index is 1.96. The molecule has 3 fully saturated rings. The van der Waals surface area contributed by atoms with E-state index in [0.717, 1.165) is 51.4 Å². The van der Waals surface area contributed by atoms with Crippen molar-refractivity contribution in [3.63, 3.8) is 0 Å². The van der Waals surface area contributed by atoms with Crippen molar-refractivity contribution < 1.29 is 33.5 Å². The molecule has 7 atom stereocenters. The number of hydrogen-bond donors (Lipinski definition) is 8. The molecule has 2 saturated carbocycles. The second-order valence-corrected chi connectivity index (χ2v) is 16.1. The van der Waals surface area contributed by atoms with Crippen LogP contribution >= 0.6 is 0 Å². The van der Waals surface area contributed by atoms with Crippen LogP contribution in [-0.2, 0) is 28.7 Å². The van der Waals surface area contributed by atoms with Gasteiger partial charge in [0.05, 0.1) is 18.6 Å². The van der Waals surface area contributed by atoms with Crippen LogP contribution in [-0.4, -0.2) is 116 Å². The van der Waals surface area contributed by atoms with Crippen molar-refractivity contribution in [3.05, 3.63) is 0 Å². The summed E-state index contributed by atoms with van der Waals surface area (Å²) in [7, 11) is 1.63. The number of unbranched alkanes of at least 4 members (excludes halogenated alkanes) is 3. The molecule has 0 bridgehead atoms. The van der Waals surface area contributed by atoms with E-state index in [1.54, 1.807) is 14.0 Å². The number of rotatable bonds is 12. The van der Waals surface area contributed by atoms with E-state index in [9.17, 15) is 28.8 Å². The number of likely N-dealkylation sites (N-methyl/N-ethyl adjacent to an activating group) is 1. The fraction of sp³-hybridized carbons (Fsp3) is 0.846. The van der Waals surface area contributed by atoms with Crippen molar-refractivity contribution in [1.29, 1.82) is 0 Å². The van der Waals surface area contributed by atoms with Gasteiger partial charge in [0, 0.05) is 38.3 Å². The van der Waals surface area contributed by atoms with E-state index in [1.165, 1.54) is 4.90 Å². The summed E-state index contributed by atoms with van der Waals surface area (Å²) in [6, 6.07) is -5.38. The number of nitrogens with one attached hydrogen (secondary N) is 6. The van der Waals surface area contributed by atoms with Gasteiger partial charge in [0.25, 0.3) is 0 Å². The number of ether oxygens (including phenoxy) is 1. The fourth-order valence-electron chi connectivity index (χ4n) is 7.79. The molecule has 0 aromatic rings. The lowest BCUT2D eigenvalue weighted by Crippen LogP contribution is -2.63. The maximum absolute atomic E-state index is 14.2. The van der Waals surface area contributed by atoms with Crippen molar-refractivity contribution >= 4 is 35.6 Å². The lowest BCUT2D eigenvalue weighted by atomic mass is 9.88. The first kappa shape index (κ1) is 45.9. The molecule has 1 heterocycles. The second-order valence-electron chi connectivity index (χ2n) is 16.1. The van der Waals surface area contributed by atoms with Crippen molar-refractivity contribution in [1.82, 2.24) is 36.8 Å². The van der Waals surface area contributed by atoms with Gasteiger partial charge in [0.15, 0.2) is 0 Å². The van der Waals surface area contributed by atoms with Crippen LogP contribution in [0.25, 0.3) is 0 Å². The zero-order valence-corrected chi connectivity index (χ0v) is 34.0. The Bertz CT molecular complexity index is 1260. The molecule has 5 unspecified atom stereocenters. The largest absolute Gasteiger partial charge is 0.375 e. The lowest BCUT2D eigenvalue weighted by Gasteiger charge is -2.34. The predicted octanol–water partition coefficient (Wildman–Crippen LogP) is 1.30. The molecule has 3 aliphatic rings. The van der Waals surface area contributed by atoms with E-state index in [1.807, 2.05) is 13.8 Å². The Morgan fingerprint density at radius 3 is 2.09 bits per heavy atom. The molecule has 10 N–H and O–H groups in total. The van der Waals surface area contributed by atoms with Gasteiger partial charge in [-0.2, -0.15) is 0 Å². The first-order valence-electron chi connectivity index (χ1n) is 20.9. The first-order valence-corrected chi connectivity index (χ1v) is 20.9. The first-order chi connectivity index (χ1) is 26.3. The quantitative estimate of drug-likeness (QED) is 0.105. The molecule has 0 radical (unpaired) electrons. The van der Waals surface area contributed by atoms with Crippen molar-refractivity contribution in [2.75, 3.05) is 26.7 Å². The number of carbonyl (C=O) groups excluding carboxylic acids is 6. The molecule has 55 heavy (non-hydrogen) atoms. The molecular weight excluding hydrogens is 706 g/mol. The molecule has 2 aliphatic carbocycles. The van der Waals surface area contributed by atoms with Crippen LogP contribution in [0.15, 0.2) is 0 Å². The van der Waals surface area contributed by atoms with Gasteiger partial charge < -0.3 is 53.0 Å². The van der Waals surface area contributed by atoms with Gasteiger partial charge in [-0.15, -0.1) is 0 Å². The summed E-state index contributed by atoms with van der Waals surface area (Å²) in [6.45, 7) is 7.17. The van der Waals surface area contributed by atoms with Gasteiger partial charge in [-0.1, -0.05) is 78.6 Å². The van der Waals surface area contributed by atoms with Crippen LogP contribution in [0, 0.1) is 11.8 Å². The van der Waals surface area contributed by atoms with Gasteiger partial charge in [-0.05, 0) is 51.4 Å². The fourth-order valence-corrected chi connectivity index (χ4v) is 7.79. The summed E-state index contributed by atoms with van der Waals surface area (Å²) in [4.78, 5) is 84.1. The van der Waals surface area contributed by atoms with Gasteiger partial charge >= 0.3 is 6.03 Å². The molecular formula is C39H71N9O7. The van der Waals surface area contributed by atoms with Crippen molar-refractivity contribution in [2.24, 2.45) is 23.3 Å². The lowest BCUT2D eigenvalue weighted by molar-refractivity contribution is -0.147. The summed E-state index contributed by atoms with van der Waals surface area (Å²) in [5, 5.41) is 16.8. The van der Waals surface area contributed by atoms with Gasteiger partial charge in [-0.3, -0.25) is 24.0 Å². The Morgan fingerprint density at radius 1 is 0.818 bits per heavy atom. The van der Waals surface area contributed by atoms with Crippen LogP contribution < -0.4 is 43.4 Å². The number of hydrogen-bond acceptors (Lipinski definition) is 9. The zero-order valence-electron chi connectivity index (χ0n) is 34.0. The smallest absolute Gasteiger partial charge is 0.315 e. The minimum atomic E-state index is -1.24. The Kier molecular flexibility index (Phi) is 19.6. The number of amides is 7. The summed E-state index contributed by atoms with van der Waals surface area (Å²) in [6.07, 6.45) is 11.6. The molecule has 7 amide bonds. The molecule has 0 aromatic carbocycles. The SMILES string of the molecule is CCCCCC[C@H]1OC[C@@H](C)NC(=O)C(CNC(=O)NC2CC(N)C2)NC(=O)C(CN)NC(=O)C(C2CCCCCC2)NC(=O)C(CCC)N(C)C(=O)C1C. The summed E-state index contributed by atoms with van der Waals surface area (Å²) in [5.41, 5.74) is 11.9. The van der Waals surface area contributed by atoms with E-state index in [-0.39, 0.29) is 43.6 Å². The van der Waals surface area contributed by atoms with E-state index in [4.69, 9.17) is 16.2 Å². The molecule has 3 rings (SSSR count). The monoisotopic (exact) mass is 778 g/mol. The summed E-state index contributed by atoms with van der Waals surface area (Å²) < 4.78 is 6.37. The van der Waals surface area contributed by atoms with Crippen LogP contribution in [0.1, 0.15) is 124 Å². The third kappa shape index (κ3) is 14.5. The molecule has 16 nitrogen and oxygen atoms in total. The maximum atomic E-state index is 14.2. The highest BCUT2D eigenvalue weighted by Crippen LogP contribution is 2.27. The van der Waals surface area contributed by atoms with Crippen LogP contribution in [0.2, 0.25) is 0 Å². The highest BCUT2D eigenvalue weighted by atomic mass is 16.5. The minimum Gasteiger partial charge on any atom is -0.375 e. The highest BCUT2D eigenvalue weighted by Gasteiger charge is 2.38. The summed E-state index contributed by atoms with van der Waals surface area (Å²) in [5.74, 6) is -3.33. The van der Waals surface area contributed by atoms with Gasteiger partial charge in [0.2, 0.25) is 29.5 Å². The minimum absolute atomic E-state index is 0.0276. The van der Waals surface area contributed by atoms with Gasteiger partial charge in [0.1, 0.15) is 24.2 Å². The van der Waals surface area contributed by atoms with Crippen molar-refractivity contribution in [2.45, 2.75) is 172 Å². The Labute approximate surface area is 327 Å². The van der Waals surface area contributed by atoms with E-state index < -0.39 is 71.9 Å². The third-order valence-electron chi connectivity index (χ3n) is 11.3. The molecule has 0 aromatic heterocycles. The number of nitrogens with zero attached hydrogens (tertiary/aromatic N) is 1. The highest BCUT2D eigenvalue weighted by molar-refractivity contribution is 5.96. The van der Waals surface area contributed by atoms with Crippen LogP contribution in [0.4, 0.5) is 4.79 Å². The molecule has 0 spiro atoms. The standard InChI is InChI=1S/C39H71N9O7/c1-6-8-9-14-18-32-25(4)38(53)48(5)31(15-7-2)36(51)47-33(26-16-12-10-11-13-17-26)37(52)45-29(21-40)34(49)46-30(35(50)43-24(3)23-55-32)22-42-39(54)44-28-19-27(41)20-28/h24-33H,6-23,40-41H2,1-5H3,(H,43,50)(H,45,52)(H,46,49)(H,47,51)(H2,42,44,54)/t24-,25?,27?,28?,29?,30?,31?,32-,33?/m1/s1. The van der Waals surface area contributed by atoms with E-state index in [2.05, 4.69) is 38.8 Å². The maximum Gasteiger partial charge on any atom is 0.315 e. The molecule has 314 valence electrons. The normalized spacial score (nSPS) is 31.3. The summed E-state index contributed by atoms with van der Waals surface area (Å²) >= 11 is 0. The molecule has 1 aliphatic heterocycles. The molecule has 16 heteroatoms. The Morgan fingerprint density at radius 2 is 1.47 bits per heavy atom. The third-order valence-corrected chi connectivity index (χ3v) is 11.3. The number of urea groups is 1. The predicted molar refractivity (Wildman–Crippen MR) is 210 cm³/mol. The van der Waals surface area contributed by atoms with E-state index in [0.29, 0.717) is 44.9 Å². The van der Waals surface area contributed by atoms with Crippen molar-refractivity contribution in [3.8, 4) is 0 Å². The average Bonchev–Trinajstić information content (AvgIpc) is 3.43. The van der Waals surface area contributed by atoms with Crippen LogP contribution in [0.3, 0.4) is 0 Å². The Hall–Kier alpha value is -3.50. The zero-order chi connectivity index (χ0) is 40.5. The molecule has 1 saturated heterocycles. The van der Waals surface area contributed by atoms with Crippen LogP contribution in [0.5, 0.6) is 0 Å². The second kappa shape index (κ2) is 23.5. The van der Waals surface area contributed by atoms with Gasteiger partial charge in [-0.25, -0.2) is 4.79 Å². The van der Waals surface area contributed by atoms with E-state index >= 15 is 0 Å².